The second kappa shape index (κ2) is 11.5. The maximum Gasteiger partial charge on any atom is 0.118 e. The van der Waals surface area contributed by atoms with Crippen molar-refractivity contribution in [2.75, 3.05) is 34.3 Å². The Morgan fingerprint density at radius 3 is 2.29 bits per heavy atom. The summed E-state index contributed by atoms with van der Waals surface area (Å²) in [6, 6.07) is 24.9. The number of fused-ring (bicyclic) bond motifs is 1. The smallest absolute Gasteiger partial charge is 0.118 e. The molecule has 5 heteroatoms. The maximum atomic E-state index is 5.23. The number of pyridine rings is 2. The third kappa shape index (κ3) is 6.73. The first-order valence-corrected chi connectivity index (χ1v) is 11.6. The van der Waals surface area contributed by atoms with E-state index in [0.717, 1.165) is 65.3 Å². The molecule has 174 valence electrons. The Bertz CT molecular complexity index is 1220. The molecule has 5 nitrogen and oxygen atoms in total. The molecule has 2 aromatic heterocycles. The van der Waals surface area contributed by atoms with E-state index in [1.54, 1.807) is 7.11 Å². The quantitative estimate of drug-likeness (QED) is 0.303. The van der Waals surface area contributed by atoms with Gasteiger partial charge in [0.2, 0.25) is 0 Å². The van der Waals surface area contributed by atoms with Gasteiger partial charge in [0.05, 0.1) is 24.0 Å². The Balaban J connectivity index is 1.47. The first kappa shape index (κ1) is 23.6. The van der Waals surface area contributed by atoms with Gasteiger partial charge in [0.15, 0.2) is 0 Å². The minimum Gasteiger partial charge on any atom is -0.497 e. The van der Waals surface area contributed by atoms with Crippen LogP contribution in [-0.4, -0.2) is 54.1 Å². The number of ether oxygens (including phenoxy) is 1. The molecule has 2 aromatic carbocycles. The van der Waals surface area contributed by atoms with Crippen LogP contribution in [0.15, 0.2) is 79.0 Å². The van der Waals surface area contributed by atoms with Crippen molar-refractivity contribution < 1.29 is 4.74 Å². The van der Waals surface area contributed by atoms with Crippen LogP contribution >= 0.6 is 0 Å². The van der Waals surface area contributed by atoms with Crippen molar-refractivity contribution >= 4 is 23.1 Å². The molecule has 0 amide bonds. The number of benzene rings is 2. The lowest BCUT2D eigenvalue weighted by Gasteiger charge is -2.23. The van der Waals surface area contributed by atoms with Gasteiger partial charge in [-0.1, -0.05) is 42.5 Å². The fraction of sp³-hybridized carbons (Fsp3) is 0.241. The van der Waals surface area contributed by atoms with Gasteiger partial charge < -0.3 is 9.64 Å². The van der Waals surface area contributed by atoms with E-state index in [9.17, 15) is 0 Å². The highest BCUT2D eigenvalue weighted by Crippen LogP contribution is 2.19. The molecule has 0 saturated carbocycles. The predicted molar refractivity (Wildman–Crippen MR) is 141 cm³/mol. The van der Waals surface area contributed by atoms with Crippen molar-refractivity contribution in [1.82, 2.24) is 19.8 Å². The summed E-state index contributed by atoms with van der Waals surface area (Å²) in [4.78, 5) is 14.1. The van der Waals surface area contributed by atoms with E-state index in [-0.39, 0.29) is 0 Å². The van der Waals surface area contributed by atoms with Gasteiger partial charge >= 0.3 is 0 Å². The molecule has 0 N–H and O–H groups in total. The highest BCUT2D eigenvalue weighted by atomic mass is 16.5. The summed E-state index contributed by atoms with van der Waals surface area (Å²) in [6.07, 6.45) is 6.10. The number of rotatable bonds is 10. The molecule has 0 fully saturated rings. The lowest BCUT2D eigenvalue weighted by molar-refractivity contribution is 0.222. The molecule has 0 aliphatic heterocycles. The van der Waals surface area contributed by atoms with Crippen molar-refractivity contribution in [1.29, 1.82) is 0 Å². The molecule has 34 heavy (non-hydrogen) atoms. The van der Waals surface area contributed by atoms with E-state index in [1.165, 1.54) is 0 Å². The molecular formula is C29H32N4O. The topological polar surface area (TPSA) is 41.5 Å². The first-order valence-electron chi connectivity index (χ1n) is 11.6. The minimum atomic E-state index is 0.791. The van der Waals surface area contributed by atoms with Gasteiger partial charge in [0.1, 0.15) is 5.75 Å². The minimum absolute atomic E-state index is 0.791. The standard InChI is InChI=1S/C29H32N4O/c1-32(2)18-19-33(21-26-6-4-5-17-30-26)22-27-13-12-25-20-24(11-16-29(25)31-27)8-7-23-9-14-28(34-3)15-10-23/h4-17,20H,18-19,21-22H2,1-3H3/b8-7+. The molecule has 0 unspecified atom stereocenters. The second-order valence-corrected chi connectivity index (χ2v) is 8.70. The van der Waals surface area contributed by atoms with Gasteiger partial charge in [-0.3, -0.25) is 14.9 Å². The number of aromatic nitrogens is 2. The van der Waals surface area contributed by atoms with Crippen LogP contribution in [-0.2, 0) is 13.1 Å². The van der Waals surface area contributed by atoms with Crippen LogP contribution in [0.5, 0.6) is 5.75 Å². The molecular weight excluding hydrogens is 420 g/mol. The Labute approximate surface area is 202 Å². The van der Waals surface area contributed by atoms with Gasteiger partial charge in [-0.15, -0.1) is 0 Å². The van der Waals surface area contributed by atoms with Gasteiger partial charge in [-0.2, -0.15) is 0 Å². The third-order valence-corrected chi connectivity index (χ3v) is 5.72. The summed E-state index contributed by atoms with van der Waals surface area (Å²) in [5.41, 5.74) is 5.46. The average molecular weight is 453 g/mol. The Kier molecular flexibility index (Phi) is 8.02. The Morgan fingerprint density at radius 2 is 1.56 bits per heavy atom. The molecule has 0 spiro atoms. The summed E-state index contributed by atoms with van der Waals surface area (Å²) < 4.78 is 5.23. The SMILES string of the molecule is COc1ccc(/C=C/c2ccc3nc(CN(CCN(C)C)Cc4ccccn4)ccc3c2)cc1. The van der Waals surface area contributed by atoms with Gasteiger partial charge in [-0.05, 0) is 67.7 Å². The van der Waals surface area contributed by atoms with Crippen LogP contribution in [0.2, 0.25) is 0 Å². The van der Waals surface area contributed by atoms with E-state index >= 15 is 0 Å². The normalized spacial score (nSPS) is 11.7. The van der Waals surface area contributed by atoms with E-state index in [0.29, 0.717) is 0 Å². The molecule has 0 aliphatic carbocycles. The zero-order valence-electron chi connectivity index (χ0n) is 20.2. The van der Waals surface area contributed by atoms with E-state index < -0.39 is 0 Å². The van der Waals surface area contributed by atoms with Crippen molar-refractivity contribution in [2.45, 2.75) is 13.1 Å². The summed E-state index contributed by atoms with van der Waals surface area (Å²) in [7, 11) is 5.89. The number of likely N-dealkylation sites (N-methyl/N-ethyl adjacent to an activating group) is 1. The molecule has 0 aliphatic rings. The number of hydrogen-bond donors (Lipinski definition) is 0. The molecule has 0 radical (unpaired) electrons. The van der Waals surface area contributed by atoms with Crippen molar-refractivity contribution in [3.05, 3.63) is 102 Å². The van der Waals surface area contributed by atoms with E-state index in [1.807, 2.05) is 30.5 Å². The highest BCUT2D eigenvalue weighted by Gasteiger charge is 2.10. The Hall–Kier alpha value is -3.54. The molecule has 2 heterocycles. The lowest BCUT2D eigenvalue weighted by Crippen LogP contribution is -2.31. The zero-order valence-corrected chi connectivity index (χ0v) is 20.2. The molecule has 0 saturated heterocycles. The van der Waals surface area contributed by atoms with Crippen LogP contribution in [0.4, 0.5) is 0 Å². The fourth-order valence-corrected chi connectivity index (χ4v) is 3.79. The third-order valence-electron chi connectivity index (χ3n) is 5.72. The van der Waals surface area contributed by atoms with Crippen molar-refractivity contribution in [3.63, 3.8) is 0 Å². The first-order chi connectivity index (χ1) is 16.6. The monoisotopic (exact) mass is 452 g/mol. The van der Waals surface area contributed by atoms with Gasteiger partial charge in [0.25, 0.3) is 0 Å². The molecule has 0 atom stereocenters. The fourth-order valence-electron chi connectivity index (χ4n) is 3.79. The largest absolute Gasteiger partial charge is 0.497 e. The zero-order chi connectivity index (χ0) is 23.8. The van der Waals surface area contributed by atoms with E-state index in [2.05, 4.69) is 89.6 Å². The maximum absolute atomic E-state index is 5.23. The summed E-state index contributed by atoms with van der Waals surface area (Å²) in [5, 5.41) is 1.14. The molecule has 4 rings (SSSR count). The summed E-state index contributed by atoms with van der Waals surface area (Å²) in [6.45, 7) is 3.55. The summed E-state index contributed by atoms with van der Waals surface area (Å²) in [5.74, 6) is 0.866. The predicted octanol–water partition coefficient (Wildman–Crippen LogP) is 5.37. The van der Waals surface area contributed by atoms with Gasteiger partial charge in [0, 0.05) is 37.8 Å². The van der Waals surface area contributed by atoms with Crippen LogP contribution in [0.3, 0.4) is 0 Å². The highest BCUT2D eigenvalue weighted by molar-refractivity contribution is 5.83. The Morgan fingerprint density at radius 1 is 0.794 bits per heavy atom. The van der Waals surface area contributed by atoms with Crippen molar-refractivity contribution in [3.8, 4) is 5.75 Å². The number of hydrogen-bond acceptors (Lipinski definition) is 5. The average Bonchev–Trinajstić information content (AvgIpc) is 2.87. The van der Waals surface area contributed by atoms with E-state index in [4.69, 9.17) is 9.72 Å². The summed E-state index contributed by atoms with van der Waals surface area (Å²) >= 11 is 0. The number of methoxy groups -OCH3 is 1. The lowest BCUT2D eigenvalue weighted by atomic mass is 10.1. The molecule has 0 bridgehead atoms. The van der Waals surface area contributed by atoms with Crippen LogP contribution in [0.25, 0.3) is 23.1 Å². The van der Waals surface area contributed by atoms with Crippen LogP contribution in [0, 0.1) is 0 Å². The molecule has 4 aromatic rings. The number of nitrogens with zero attached hydrogens (tertiary/aromatic N) is 4. The van der Waals surface area contributed by atoms with Crippen LogP contribution in [0.1, 0.15) is 22.5 Å². The van der Waals surface area contributed by atoms with Crippen molar-refractivity contribution in [2.24, 2.45) is 0 Å². The van der Waals surface area contributed by atoms with Gasteiger partial charge in [-0.25, -0.2) is 0 Å². The second-order valence-electron chi connectivity index (χ2n) is 8.70. The van der Waals surface area contributed by atoms with Crippen LogP contribution < -0.4 is 4.74 Å².